The number of carbonyl (C=O) groups is 1. The fraction of sp³-hybridized carbons (Fsp3) is 0.400. The van der Waals surface area contributed by atoms with Crippen molar-refractivity contribution in [3.63, 3.8) is 0 Å². The van der Waals surface area contributed by atoms with Crippen molar-refractivity contribution >= 4 is 32.7 Å². The summed E-state index contributed by atoms with van der Waals surface area (Å²) in [6.07, 6.45) is 1.45. The highest BCUT2D eigenvalue weighted by molar-refractivity contribution is 9.10. The maximum absolute atomic E-state index is 12.8. The van der Waals surface area contributed by atoms with Gasteiger partial charge in [0.1, 0.15) is 5.75 Å². The van der Waals surface area contributed by atoms with E-state index in [-0.39, 0.29) is 12.3 Å². The first-order valence-electron chi connectivity index (χ1n) is 7.30. The van der Waals surface area contributed by atoms with Gasteiger partial charge in [0, 0.05) is 13.0 Å². The molecule has 122 valence electrons. The van der Waals surface area contributed by atoms with E-state index in [1.807, 2.05) is 0 Å². The molecule has 1 aromatic heterocycles. The van der Waals surface area contributed by atoms with Crippen LogP contribution in [0.3, 0.4) is 0 Å². The van der Waals surface area contributed by atoms with E-state index < -0.39 is 17.3 Å². The molecule has 23 heavy (non-hydrogen) atoms. The third kappa shape index (κ3) is 2.90. The topological polar surface area (TPSA) is 93.2 Å². The molecule has 1 aliphatic rings. The molecule has 0 aliphatic carbocycles. The van der Waals surface area contributed by atoms with Gasteiger partial charge in [-0.1, -0.05) is 0 Å². The minimum absolute atomic E-state index is 0.127. The number of rotatable bonds is 2. The van der Waals surface area contributed by atoms with Gasteiger partial charge in [-0.15, -0.1) is 0 Å². The fourth-order valence-corrected chi connectivity index (χ4v) is 3.40. The van der Waals surface area contributed by atoms with Crippen molar-refractivity contribution < 1.29 is 9.53 Å². The lowest BCUT2D eigenvalue weighted by molar-refractivity contribution is -0.121. The van der Waals surface area contributed by atoms with Crippen LogP contribution < -0.4 is 21.3 Å². The Bertz CT molecular complexity index is 887. The van der Waals surface area contributed by atoms with Crippen molar-refractivity contribution in [1.82, 2.24) is 14.9 Å². The number of hydrogen-bond acceptors (Lipinski definition) is 4. The van der Waals surface area contributed by atoms with Crippen molar-refractivity contribution in [3.8, 4) is 5.75 Å². The average Bonchev–Trinajstić information content (AvgIpc) is 2.71. The number of carbonyl (C=O) groups excluding carboxylic acids is 1. The Balaban J connectivity index is 2.21. The van der Waals surface area contributed by atoms with E-state index in [1.165, 1.54) is 7.11 Å². The van der Waals surface area contributed by atoms with Crippen molar-refractivity contribution in [2.24, 2.45) is 0 Å². The summed E-state index contributed by atoms with van der Waals surface area (Å²) in [5, 5.41) is 3.11. The van der Waals surface area contributed by atoms with Crippen LogP contribution in [-0.4, -0.2) is 29.1 Å². The summed E-state index contributed by atoms with van der Waals surface area (Å²) in [7, 11) is 1.51. The standard InChI is InChI=1S/C15H16BrN3O4/c1-23-12-6-9-11(7-10(12)16)18-15(22)19(14(9)21)8-3-2-4-17-13(20)5-8/h6-8H,2-5H2,1H3,(H,17,20)(H,18,22)/t8-/m1/s1. The van der Waals surface area contributed by atoms with Crippen LogP contribution >= 0.6 is 15.9 Å². The molecular formula is C15H16BrN3O4. The van der Waals surface area contributed by atoms with E-state index in [2.05, 4.69) is 26.2 Å². The first kappa shape index (κ1) is 15.8. The molecule has 8 heteroatoms. The number of aromatic nitrogens is 2. The average molecular weight is 382 g/mol. The number of nitrogens with zero attached hydrogens (tertiary/aromatic N) is 1. The van der Waals surface area contributed by atoms with Crippen molar-refractivity contribution in [3.05, 3.63) is 37.4 Å². The summed E-state index contributed by atoms with van der Waals surface area (Å²) < 4.78 is 7.01. The Morgan fingerprint density at radius 2 is 2.09 bits per heavy atom. The van der Waals surface area contributed by atoms with Crippen molar-refractivity contribution in [2.75, 3.05) is 13.7 Å². The molecule has 1 fully saturated rings. The second-order valence-electron chi connectivity index (χ2n) is 5.49. The van der Waals surface area contributed by atoms with Gasteiger partial charge in [-0.3, -0.25) is 14.2 Å². The SMILES string of the molecule is COc1cc2c(=O)n([C@@H]3CCCNC(=O)C3)c(=O)[nH]c2cc1Br. The largest absolute Gasteiger partial charge is 0.496 e. The Morgan fingerprint density at radius 1 is 1.30 bits per heavy atom. The van der Waals surface area contributed by atoms with Crippen LogP contribution in [0, 0.1) is 0 Å². The van der Waals surface area contributed by atoms with Crippen LogP contribution in [0.5, 0.6) is 5.75 Å². The number of H-pyrrole nitrogens is 1. The number of ether oxygens (including phenoxy) is 1. The van der Waals surface area contributed by atoms with E-state index in [1.54, 1.807) is 12.1 Å². The van der Waals surface area contributed by atoms with Gasteiger partial charge in [-0.2, -0.15) is 0 Å². The minimum atomic E-state index is -0.501. The lowest BCUT2D eigenvalue weighted by Gasteiger charge is -2.16. The van der Waals surface area contributed by atoms with Gasteiger partial charge in [-0.05, 0) is 40.9 Å². The highest BCUT2D eigenvalue weighted by atomic mass is 79.9. The monoisotopic (exact) mass is 381 g/mol. The number of amides is 1. The highest BCUT2D eigenvalue weighted by Crippen LogP contribution is 2.28. The molecule has 3 rings (SSSR count). The van der Waals surface area contributed by atoms with Gasteiger partial charge in [0.15, 0.2) is 0 Å². The first-order chi connectivity index (χ1) is 11.0. The lowest BCUT2D eigenvalue weighted by atomic mass is 10.1. The van der Waals surface area contributed by atoms with Crippen LogP contribution in [0.25, 0.3) is 10.9 Å². The quantitative estimate of drug-likeness (QED) is 0.819. The number of fused-ring (bicyclic) bond motifs is 1. The van der Waals surface area contributed by atoms with Crippen molar-refractivity contribution in [1.29, 1.82) is 0 Å². The Morgan fingerprint density at radius 3 is 2.83 bits per heavy atom. The fourth-order valence-electron chi connectivity index (χ4n) is 2.89. The number of methoxy groups -OCH3 is 1. The summed E-state index contributed by atoms with van der Waals surface area (Å²) in [6, 6.07) is 2.79. The third-order valence-electron chi connectivity index (χ3n) is 4.02. The van der Waals surface area contributed by atoms with E-state index in [9.17, 15) is 14.4 Å². The summed E-state index contributed by atoms with van der Waals surface area (Å²) in [4.78, 5) is 39.6. The van der Waals surface area contributed by atoms with Gasteiger partial charge in [0.05, 0.1) is 28.5 Å². The summed E-state index contributed by atoms with van der Waals surface area (Å²) in [5.41, 5.74) is -0.476. The highest BCUT2D eigenvalue weighted by Gasteiger charge is 2.23. The van der Waals surface area contributed by atoms with Crippen LogP contribution in [0.1, 0.15) is 25.3 Å². The van der Waals surface area contributed by atoms with E-state index in [0.717, 1.165) is 11.0 Å². The number of benzene rings is 1. The molecule has 1 amide bonds. The minimum Gasteiger partial charge on any atom is -0.496 e. The molecule has 1 atom stereocenters. The zero-order valence-corrected chi connectivity index (χ0v) is 14.1. The predicted octanol–water partition coefficient (Wildman–Crippen LogP) is 1.30. The van der Waals surface area contributed by atoms with Gasteiger partial charge < -0.3 is 15.0 Å². The Labute approximate surface area is 139 Å². The summed E-state index contributed by atoms with van der Waals surface area (Å²) in [5.74, 6) is 0.360. The molecule has 0 radical (unpaired) electrons. The zero-order valence-electron chi connectivity index (χ0n) is 12.5. The summed E-state index contributed by atoms with van der Waals surface area (Å²) in [6.45, 7) is 0.566. The zero-order chi connectivity index (χ0) is 16.6. The molecule has 2 heterocycles. The molecule has 2 N–H and O–H groups in total. The Hall–Kier alpha value is -2.09. The maximum Gasteiger partial charge on any atom is 0.329 e. The van der Waals surface area contributed by atoms with E-state index in [4.69, 9.17) is 4.74 Å². The van der Waals surface area contributed by atoms with Crippen molar-refractivity contribution in [2.45, 2.75) is 25.3 Å². The molecule has 0 unspecified atom stereocenters. The molecule has 1 aliphatic heterocycles. The molecule has 2 aromatic rings. The molecule has 1 saturated heterocycles. The number of aromatic amines is 1. The van der Waals surface area contributed by atoms with Gasteiger partial charge in [0.2, 0.25) is 5.91 Å². The summed E-state index contributed by atoms with van der Waals surface area (Å²) >= 11 is 3.33. The molecular weight excluding hydrogens is 366 g/mol. The van der Waals surface area contributed by atoms with E-state index in [0.29, 0.717) is 34.1 Å². The van der Waals surface area contributed by atoms with Crippen LogP contribution in [0.4, 0.5) is 0 Å². The second-order valence-corrected chi connectivity index (χ2v) is 6.34. The number of nitrogens with one attached hydrogen (secondary N) is 2. The third-order valence-corrected chi connectivity index (χ3v) is 4.64. The van der Waals surface area contributed by atoms with E-state index >= 15 is 0 Å². The first-order valence-corrected chi connectivity index (χ1v) is 8.09. The van der Waals surface area contributed by atoms with Gasteiger partial charge in [-0.25, -0.2) is 4.79 Å². The number of halogens is 1. The van der Waals surface area contributed by atoms with Crippen LogP contribution in [0.15, 0.2) is 26.2 Å². The second kappa shape index (κ2) is 6.19. The van der Waals surface area contributed by atoms with Gasteiger partial charge >= 0.3 is 5.69 Å². The number of hydrogen-bond donors (Lipinski definition) is 2. The lowest BCUT2D eigenvalue weighted by Crippen LogP contribution is -2.39. The van der Waals surface area contributed by atoms with Crippen LogP contribution in [0.2, 0.25) is 0 Å². The molecule has 0 spiro atoms. The molecule has 1 aromatic carbocycles. The molecule has 0 bridgehead atoms. The Kier molecular flexibility index (Phi) is 4.25. The van der Waals surface area contributed by atoms with Gasteiger partial charge in [0.25, 0.3) is 5.56 Å². The smallest absolute Gasteiger partial charge is 0.329 e. The molecule has 7 nitrogen and oxygen atoms in total. The molecule has 0 saturated carbocycles. The normalized spacial score (nSPS) is 18.5. The van der Waals surface area contributed by atoms with Crippen LogP contribution in [-0.2, 0) is 4.79 Å². The maximum atomic E-state index is 12.8. The predicted molar refractivity (Wildman–Crippen MR) is 89.0 cm³/mol.